The molecule has 1 heterocycles. The van der Waals surface area contributed by atoms with Gasteiger partial charge in [-0.3, -0.25) is 0 Å². The number of nitrogens with zero attached hydrogens (tertiary/aromatic N) is 2. The maximum absolute atomic E-state index is 10.1. The maximum Gasteiger partial charge on any atom is 0.224 e. The lowest BCUT2D eigenvalue weighted by molar-refractivity contribution is 0.0636. The fraction of sp³-hybridized carbons (Fsp3) is 0.667. The molecule has 1 unspecified atom stereocenters. The van der Waals surface area contributed by atoms with Crippen molar-refractivity contribution in [3.8, 4) is 0 Å². The number of aromatic nitrogens is 2. The van der Waals surface area contributed by atoms with Gasteiger partial charge in [0.25, 0.3) is 0 Å². The number of halogens is 1. The third-order valence-electron chi connectivity index (χ3n) is 2.50. The minimum atomic E-state index is -0.763. The average Bonchev–Trinajstić information content (AvgIpc) is 2.30. The Kier molecular flexibility index (Phi) is 5.62. The number of nitrogens with one attached hydrogen (secondary N) is 2. The van der Waals surface area contributed by atoms with Gasteiger partial charge in [-0.1, -0.05) is 24.9 Å². The van der Waals surface area contributed by atoms with E-state index in [0.717, 1.165) is 19.4 Å². The minimum absolute atomic E-state index is 0.406. The summed E-state index contributed by atoms with van der Waals surface area (Å²) in [5.74, 6) is 1.07. The van der Waals surface area contributed by atoms with Crippen molar-refractivity contribution in [1.82, 2.24) is 9.97 Å². The van der Waals surface area contributed by atoms with Crippen molar-refractivity contribution in [2.75, 3.05) is 23.7 Å². The van der Waals surface area contributed by atoms with Crippen molar-refractivity contribution in [2.24, 2.45) is 0 Å². The summed E-state index contributed by atoms with van der Waals surface area (Å²) < 4.78 is 0. The molecule has 0 saturated heterocycles. The third kappa shape index (κ3) is 4.66. The van der Waals surface area contributed by atoms with Crippen LogP contribution in [0.3, 0.4) is 0 Å². The number of hydrogen-bond donors (Lipinski definition) is 3. The van der Waals surface area contributed by atoms with Crippen LogP contribution in [0.25, 0.3) is 0 Å². The normalized spacial score (nSPS) is 14.1. The third-order valence-corrected chi connectivity index (χ3v) is 2.78. The average molecular weight is 273 g/mol. The molecular formula is C12H21ClN4O. The lowest BCUT2D eigenvalue weighted by atomic mass is 10.0. The van der Waals surface area contributed by atoms with Crippen LogP contribution in [0.4, 0.5) is 11.8 Å². The predicted octanol–water partition coefficient (Wildman–Crippen LogP) is 2.52. The second-order valence-corrected chi connectivity index (χ2v) is 4.93. The van der Waals surface area contributed by atoms with Gasteiger partial charge in [-0.15, -0.1) is 0 Å². The van der Waals surface area contributed by atoms with Crippen molar-refractivity contribution >= 4 is 23.4 Å². The Hall–Kier alpha value is -1.07. The number of rotatable bonds is 7. The summed E-state index contributed by atoms with van der Waals surface area (Å²) in [4.78, 5) is 8.30. The van der Waals surface area contributed by atoms with Crippen molar-refractivity contribution in [1.29, 1.82) is 0 Å². The lowest BCUT2D eigenvalue weighted by Crippen LogP contribution is -2.33. The molecule has 0 aliphatic heterocycles. The molecule has 5 nitrogen and oxygen atoms in total. The van der Waals surface area contributed by atoms with Gasteiger partial charge in [-0.05, 0) is 20.3 Å². The molecule has 0 saturated carbocycles. The molecule has 0 spiro atoms. The van der Waals surface area contributed by atoms with Crippen LogP contribution >= 0.6 is 11.6 Å². The van der Waals surface area contributed by atoms with E-state index >= 15 is 0 Å². The Morgan fingerprint density at radius 1 is 1.39 bits per heavy atom. The molecule has 0 bridgehead atoms. The Balaban J connectivity index is 2.68. The first-order valence-electron chi connectivity index (χ1n) is 6.21. The zero-order chi connectivity index (χ0) is 13.6. The molecule has 1 atom stereocenters. The smallest absolute Gasteiger partial charge is 0.224 e. The van der Waals surface area contributed by atoms with Gasteiger partial charge >= 0.3 is 0 Å². The number of anilines is 2. The van der Waals surface area contributed by atoms with Crippen molar-refractivity contribution in [3.05, 3.63) is 11.2 Å². The van der Waals surface area contributed by atoms with Gasteiger partial charge in [0.15, 0.2) is 5.82 Å². The molecule has 1 aromatic heterocycles. The molecule has 0 fully saturated rings. The van der Waals surface area contributed by atoms with E-state index in [9.17, 15) is 5.11 Å². The van der Waals surface area contributed by atoms with E-state index in [-0.39, 0.29) is 0 Å². The van der Waals surface area contributed by atoms with E-state index in [0.29, 0.717) is 23.3 Å². The standard InChI is InChI=1S/C12H21ClN4O/c1-4-6-12(3,18)8-16-10-9(13)7-15-11(17-10)14-5-2/h7,18H,4-6,8H2,1-3H3,(H2,14,15,16,17). The highest BCUT2D eigenvalue weighted by molar-refractivity contribution is 6.32. The summed E-state index contributed by atoms with van der Waals surface area (Å²) in [6.45, 7) is 6.95. The largest absolute Gasteiger partial charge is 0.388 e. The fourth-order valence-electron chi connectivity index (χ4n) is 1.64. The van der Waals surface area contributed by atoms with E-state index in [1.165, 1.54) is 0 Å². The Morgan fingerprint density at radius 2 is 2.11 bits per heavy atom. The zero-order valence-electron chi connectivity index (χ0n) is 11.1. The highest BCUT2D eigenvalue weighted by atomic mass is 35.5. The van der Waals surface area contributed by atoms with Gasteiger partial charge in [0, 0.05) is 13.1 Å². The van der Waals surface area contributed by atoms with Crippen LogP contribution in [-0.4, -0.2) is 33.8 Å². The molecule has 0 aromatic carbocycles. The zero-order valence-corrected chi connectivity index (χ0v) is 11.9. The van der Waals surface area contributed by atoms with Crippen molar-refractivity contribution in [2.45, 2.75) is 39.2 Å². The molecule has 3 N–H and O–H groups in total. The van der Waals surface area contributed by atoms with E-state index < -0.39 is 5.60 Å². The van der Waals surface area contributed by atoms with Crippen LogP contribution in [-0.2, 0) is 0 Å². The lowest BCUT2D eigenvalue weighted by Gasteiger charge is -2.23. The molecule has 6 heteroatoms. The van der Waals surface area contributed by atoms with E-state index in [4.69, 9.17) is 11.6 Å². The van der Waals surface area contributed by atoms with Gasteiger partial charge in [0.05, 0.1) is 11.8 Å². The second kappa shape index (κ2) is 6.75. The molecule has 1 aromatic rings. The topological polar surface area (TPSA) is 70.1 Å². The first-order chi connectivity index (χ1) is 8.48. The fourth-order valence-corrected chi connectivity index (χ4v) is 1.79. The second-order valence-electron chi connectivity index (χ2n) is 4.52. The Labute approximate surface area is 113 Å². The van der Waals surface area contributed by atoms with Crippen LogP contribution in [0, 0.1) is 0 Å². The van der Waals surface area contributed by atoms with Gasteiger partial charge in [-0.25, -0.2) is 4.98 Å². The first-order valence-corrected chi connectivity index (χ1v) is 6.59. The molecule has 102 valence electrons. The molecule has 18 heavy (non-hydrogen) atoms. The van der Waals surface area contributed by atoms with Crippen molar-refractivity contribution < 1.29 is 5.11 Å². The summed E-state index contributed by atoms with van der Waals surface area (Å²) in [5.41, 5.74) is -0.763. The molecular weight excluding hydrogens is 252 g/mol. The van der Waals surface area contributed by atoms with Crippen LogP contribution < -0.4 is 10.6 Å². The predicted molar refractivity (Wildman–Crippen MR) is 75.2 cm³/mol. The summed E-state index contributed by atoms with van der Waals surface area (Å²) >= 11 is 6.01. The molecule has 1 rings (SSSR count). The molecule has 0 radical (unpaired) electrons. The van der Waals surface area contributed by atoms with Gasteiger partial charge in [-0.2, -0.15) is 4.98 Å². The number of hydrogen-bond acceptors (Lipinski definition) is 5. The van der Waals surface area contributed by atoms with E-state index in [1.54, 1.807) is 13.1 Å². The minimum Gasteiger partial charge on any atom is -0.388 e. The van der Waals surface area contributed by atoms with E-state index in [2.05, 4.69) is 20.6 Å². The highest BCUT2D eigenvalue weighted by Crippen LogP contribution is 2.21. The maximum atomic E-state index is 10.1. The van der Waals surface area contributed by atoms with Crippen LogP contribution in [0.1, 0.15) is 33.6 Å². The summed E-state index contributed by atoms with van der Waals surface area (Å²) in [6.07, 6.45) is 3.20. The van der Waals surface area contributed by atoms with Gasteiger partial charge in [0.2, 0.25) is 5.95 Å². The van der Waals surface area contributed by atoms with Gasteiger partial charge < -0.3 is 15.7 Å². The molecule has 0 aliphatic rings. The monoisotopic (exact) mass is 272 g/mol. The van der Waals surface area contributed by atoms with E-state index in [1.807, 2.05) is 13.8 Å². The Bertz CT molecular complexity index is 384. The van der Waals surface area contributed by atoms with Crippen LogP contribution in [0.5, 0.6) is 0 Å². The SMILES string of the molecule is CCCC(C)(O)CNc1nc(NCC)ncc1Cl. The molecule has 0 aliphatic carbocycles. The summed E-state index contributed by atoms with van der Waals surface area (Å²) in [5, 5.41) is 16.6. The molecule has 0 amide bonds. The first kappa shape index (κ1) is 15.0. The summed E-state index contributed by atoms with van der Waals surface area (Å²) in [6, 6.07) is 0. The van der Waals surface area contributed by atoms with Crippen LogP contribution in [0.2, 0.25) is 5.02 Å². The summed E-state index contributed by atoms with van der Waals surface area (Å²) in [7, 11) is 0. The van der Waals surface area contributed by atoms with Crippen molar-refractivity contribution in [3.63, 3.8) is 0 Å². The van der Waals surface area contributed by atoms with Gasteiger partial charge in [0.1, 0.15) is 5.02 Å². The Morgan fingerprint density at radius 3 is 2.72 bits per heavy atom. The number of aliphatic hydroxyl groups is 1. The quantitative estimate of drug-likeness (QED) is 0.712. The highest BCUT2D eigenvalue weighted by Gasteiger charge is 2.19. The van der Waals surface area contributed by atoms with Crippen LogP contribution in [0.15, 0.2) is 6.20 Å².